The van der Waals surface area contributed by atoms with E-state index in [9.17, 15) is 17.6 Å². The van der Waals surface area contributed by atoms with Gasteiger partial charge in [0.2, 0.25) is 5.95 Å². The van der Waals surface area contributed by atoms with Crippen LogP contribution in [0.2, 0.25) is 0 Å². The Hall–Kier alpha value is -2.62. The molecule has 0 spiro atoms. The van der Waals surface area contributed by atoms with E-state index in [1.54, 1.807) is 7.11 Å². The zero-order valence-electron chi connectivity index (χ0n) is 16.9. The first-order valence-electron chi connectivity index (χ1n) is 9.55. The average molecular weight is 427 g/mol. The highest BCUT2D eigenvalue weighted by Gasteiger charge is 2.36. The van der Waals surface area contributed by atoms with Gasteiger partial charge in [-0.1, -0.05) is 12.8 Å². The molecule has 0 amide bonds. The first-order chi connectivity index (χ1) is 14.1. The zero-order chi connectivity index (χ0) is 22.1. The largest absolute Gasteiger partial charge is 0.417 e. The molecule has 0 radical (unpaired) electrons. The van der Waals surface area contributed by atoms with Crippen LogP contribution >= 0.6 is 0 Å². The zero-order valence-corrected chi connectivity index (χ0v) is 16.9. The van der Waals surface area contributed by atoms with Gasteiger partial charge in [-0.2, -0.15) is 17.6 Å². The molecule has 2 aromatic heterocycles. The van der Waals surface area contributed by atoms with E-state index in [0.717, 1.165) is 25.7 Å². The Kier molecular flexibility index (Phi) is 6.07. The van der Waals surface area contributed by atoms with Crippen LogP contribution in [0.3, 0.4) is 0 Å². The van der Waals surface area contributed by atoms with Gasteiger partial charge < -0.3 is 21.1 Å². The number of nitrogens with zero attached hydrogens (tertiary/aromatic N) is 3. The van der Waals surface area contributed by atoms with Gasteiger partial charge in [-0.05, 0) is 25.0 Å². The minimum atomic E-state index is -4.66. The molecule has 2 aromatic rings. The summed E-state index contributed by atoms with van der Waals surface area (Å²) >= 11 is 0. The number of hydrogen-bond acceptors (Lipinski definition) is 6. The van der Waals surface area contributed by atoms with E-state index in [0.29, 0.717) is 31.1 Å². The summed E-state index contributed by atoms with van der Waals surface area (Å²) in [5, 5.41) is 0. The number of nitrogens with two attached hydrogens (primary N) is 2. The smallest absolute Gasteiger partial charge is 0.394 e. The second kappa shape index (κ2) is 8.25. The summed E-state index contributed by atoms with van der Waals surface area (Å²) in [5.74, 6) is -1.15. The fraction of sp³-hybridized carbons (Fsp3) is 0.500. The van der Waals surface area contributed by atoms with E-state index in [2.05, 4.69) is 9.97 Å². The Morgan fingerprint density at radius 3 is 2.47 bits per heavy atom. The van der Waals surface area contributed by atoms with E-state index >= 15 is 0 Å². The minimum absolute atomic E-state index is 0.0584. The lowest BCUT2D eigenvalue weighted by Crippen LogP contribution is -2.37. The lowest BCUT2D eigenvalue weighted by molar-refractivity contribution is -0.137. The number of halogens is 4. The van der Waals surface area contributed by atoms with Gasteiger partial charge in [0.1, 0.15) is 5.82 Å². The van der Waals surface area contributed by atoms with Gasteiger partial charge in [0, 0.05) is 32.3 Å². The summed E-state index contributed by atoms with van der Waals surface area (Å²) in [6, 6.07) is 2.12. The summed E-state index contributed by atoms with van der Waals surface area (Å²) in [4.78, 5) is 9.12. The maximum atomic E-state index is 14.3. The molecule has 0 bridgehead atoms. The van der Waals surface area contributed by atoms with Crippen molar-refractivity contribution in [3.05, 3.63) is 29.8 Å². The molecule has 30 heavy (non-hydrogen) atoms. The summed E-state index contributed by atoms with van der Waals surface area (Å²) in [6.45, 7) is 1.19. The molecule has 1 aliphatic rings. The van der Waals surface area contributed by atoms with Crippen molar-refractivity contribution in [2.24, 2.45) is 5.41 Å². The first kappa shape index (κ1) is 22.1. The van der Waals surface area contributed by atoms with Gasteiger partial charge in [-0.3, -0.25) is 0 Å². The molecule has 3 rings (SSSR count). The van der Waals surface area contributed by atoms with Crippen molar-refractivity contribution < 1.29 is 22.3 Å². The SMILES string of the molecule is COCC1(CN(C)c2cc(-c3cc(C(F)(F)F)cnc3F)nc(N)c2N)CCCC1. The van der Waals surface area contributed by atoms with Gasteiger partial charge in [0.15, 0.2) is 0 Å². The van der Waals surface area contributed by atoms with Crippen molar-refractivity contribution >= 4 is 17.2 Å². The number of pyridine rings is 2. The lowest BCUT2D eigenvalue weighted by atomic mass is 9.86. The van der Waals surface area contributed by atoms with E-state index in [4.69, 9.17) is 16.2 Å². The normalized spacial score (nSPS) is 16.1. The van der Waals surface area contributed by atoms with Crippen LogP contribution in [0.15, 0.2) is 18.3 Å². The molecular weight excluding hydrogens is 402 g/mol. The Labute approximate surface area is 172 Å². The summed E-state index contributed by atoms with van der Waals surface area (Å²) in [7, 11) is 3.46. The van der Waals surface area contributed by atoms with Gasteiger partial charge in [0.25, 0.3) is 0 Å². The third kappa shape index (κ3) is 4.43. The molecule has 0 saturated heterocycles. The maximum absolute atomic E-state index is 14.3. The first-order valence-corrected chi connectivity index (χ1v) is 9.55. The van der Waals surface area contributed by atoms with Gasteiger partial charge in [-0.15, -0.1) is 0 Å². The van der Waals surface area contributed by atoms with Crippen LogP contribution in [0.1, 0.15) is 31.2 Å². The highest BCUT2D eigenvalue weighted by molar-refractivity contribution is 5.82. The van der Waals surface area contributed by atoms with Crippen molar-refractivity contribution in [2.75, 3.05) is 43.7 Å². The number of rotatable bonds is 6. The standard InChI is InChI=1S/C20H25F4N5O/c1-29(10-19(11-30-2)5-3-4-6-19)15-8-14(28-18(26)16(15)25)13-7-12(20(22,23)24)9-27-17(13)21/h7-9H,3-6,10-11,25H2,1-2H3,(H2,26,28). The summed E-state index contributed by atoms with van der Waals surface area (Å²) in [6.07, 6.45) is -0.0466. The summed E-state index contributed by atoms with van der Waals surface area (Å²) < 4.78 is 58.9. The van der Waals surface area contributed by atoms with E-state index in [-0.39, 0.29) is 22.6 Å². The Morgan fingerprint density at radius 2 is 1.87 bits per heavy atom. The molecule has 6 nitrogen and oxygen atoms in total. The van der Waals surface area contributed by atoms with E-state index < -0.39 is 23.3 Å². The number of ether oxygens (including phenoxy) is 1. The molecule has 4 N–H and O–H groups in total. The Bertz CT molecular complexity index is 913. The van der Waals surface area contributed by atoms with Crippen LogP contribution < -0.4 is 16.4 Å². The molecule has 1 aliphatic carbocycles. The molecule has 0 aliphatic heterocycles. The van der Waals surface area contributed by atoms with Crippen LogP contribution in [0.5, 0.6) is 0 Å². The van der Waals surface area contributed by atoms with Crippen LogP contribution in [0, 0.1) is 11.4 Å². The minimum Gasteiger partial charge on any atom is -0.394 e. The van der Waals surface area contributed by atoms with Crippen LogP contribution in [0.25, 0.3) is 11.3 Å². The van der Waals surface area contributed by atoms with Crippen molar-refractivity contribution in [1.82, 2.24) is 9.97 Å². The van der Waals surface area contributed by atoms with Gasteiger partial charge in [0.05, 0.1) is 34.8 Å². The third-order valence-corrected chi connectivity index (χ3v) is 5.61. The monoisotopic (exact) mass is 427 g/mol. The molecule has 1 fully saturated rings. The number of methoxy groups -OCH3 is 1. The Morgan fingerprint density at radius 1 is 1.20 bits per heavy atom. The molecule has 1 saturated carbocycles. The van der Waals surface area contributed by atoms with Crippen LogP contribution in [-0.2, 0) is 10.9 Å². The molecule has 0 unspecified atom stereocenters. The van der Waals surface area contributed by atoms with Crippen molar-refractivity contribution in [3.63, 3.8) is 0 Å². The molecule has 0 atom stereocenters. The molecular formula is C20H25F4N5O. The topological polar surface area (TPSA) is 90.3 Å². The average Bonchev–Trinajstić information content (AvgIpc) is 3.11. The fourth-order valence-corrected chi connectivity index (χ4v) is 4.16. The van der Waals surface area contributed by atoms with E-state index in [1.165, 1.54) is 6.07 Å². The number of hydrogen-bond donors (Lipinski definition) is 2. The van der Waals surface area contributed by atoms with Crippen molar-refractivity contribution in [2.45, 2.75) is 31.9 Å². The fourth-order valence-electron chi connectivity index (χ4n) is 4.16. The Balaban J connectivity index is 2.01. The second-order valence-corrected chi connectivity index (χ2v) is 7.88. The summed E-state index contributed by atoms with van der Waals surface area (Å²) in [5.41, 5.74) is 11.1. The maximum Gasteiger partial charge on any atom is 0.417 e. The number of nitrogen functional groups attached to an aromatic ring is 2. The van der Waals surface area contributed by atoms with E-state index in [1.807, 2.05) is 11.9 Å². The molecule has 164 valence electrons. The molecule has 2 heterocycles. The lowest BCUT2D eigenvalue weighted by Gasteiger charge is -2.34. The van der Waals surface area contributed by atoms with Crippen LogP contribution in [0.4, 0.5) is 34.8 Å². The highest BCUT2D eigenvalue weighted by Crippen LogP contribution is 2.41. The number of aromatic nitrogens is 2. The van der Waals surface area contributed by atoms with Crippen molar-refractivity contribution in [1.29, 1.82) is 0 Å². The predicted octanol–water partition coefficient (Wildman–Crippen LogP) is 4.11. The van der Waals surface area contributed by atoms with Crippen molar-refractivity contribution in [3.8, 4) is 11.3 Å². The van der Waals surface area contributed by atoms with Crippen LogP contribution in [-0.4, -0.2) is 37.3 Å². The molecule has 0 aromatic carbocycles. The predicted molar refractivity (Wildman–Crippen MR) is 107 cm³/mol. The highest BCUT2D eigenvalue weighted by atomic mass is 19.4. The second-order valence-electron chi connectivity index (χ2n) is 7.88. The van der Waals surface area contributed by atoms with Gasteiger partial charge in [-0.25, -0.2) is 9.97 Å². The quantitative estimate of drug-likeness (QED) is 0.533. The third-order valence-electron chi connectivity index (χ3n) is 5.61. The molecule has 10 heteroatoms. The number of anilines is 3. The van der Waals surface area contributed by atoms with Gasteiger partial charge >= 0.3 is 6.18 Å². The number of alkyl halides is 3.